The van der Waals surface area contributed by atoms with E-state index in [2.05, 4.69) is 6.92 Å². The number of rotatable bonds is 51. The Kier molecular flexibility index (Phi) is 61.8. The SMILES string of the molecule is CCCCN(CCCCO)C(=O)c1cccn(O)c1=S.CN(C(=O)CCCCO)c1ccn(OCCCCCCO)c(=S)c1.CN(CCO)C(=O)c1cccc(=S)n1OCCCCO.O=C(On1cc(OCCCCO)cc(OCCCCO)c1=S)N1CCC(O)CC1.OC1CCC(Oc2cccn(OC3CCC(O)CC3)c2=S)CC1.OCCCCOc1cccn(OCCO)c1=S. The zero-order valence-corrected chi connectivity index (χ0v) is 81.8. The third-order valence-electron chi connectivity index (χ3n) is 20.7. The number of unbranched alkanes of at least 4 members (excludes halogenated alkanes) is 10. The number of aliphatic hydroxyl groups excluding tert-OH is 12. The summed E-state index contributed by atoms with van der Waals surface area (Å²) in [4.78, 5) is 83.2. The van der Waals surface area contributed by atoms with Crippen LogP contribution in [0.2, 0.25) is 0 Å². The summed E-state index contributed by atoms with van der Waals surface area (Å²) in [6, 6.07) is 20.7. The first kappa shape index (κ1) is 117. The molecule has 6 aromatic heterocycles. The van der Waals surface area contributed by atoms with Gasteiger partial charge in [-0.25, -0.2) is 4.79 Å². The molecular weight excluding hydrogens is 1840 g/mol. The Bertz CT molecular complexity index is 4570. The minimum Gasteiger partial charge on any atom is -0.492 e. The molecule has 13 N–H and O–H groups in total. The molecule has 36 nitrogen and oxygen atoms in total. The highest BCUT2D eigenvalue weighted by atomic mass is 32.1. The zero-order valence-electron chi connectivity index (χ0n) is 76.9. The van der Waals surface area contributed by atoms with Crippen LogP contribution in [-0.4, -0.2) is 310 Å². The van der Waals surface area contributed by atoms with E-state index in [0.29, 0.717) is 196 Å². The van der Waals surface area contributed by atoms with Crippen LogP contribution in [0.25, 0.3) is 0 Å². The van der Waals surface area contributed by atoms with Gasteiger partial charge >= 0.3 is 6.09 Å². The summed E-state index contributed by atoms with van der Waals surface area (Å²) >= 11 is 31.6. The van der Waals surface area contributed by atoms with Crippen molar-refractivity contribution in [1.29, 1.82) is 0 Å². The fourth-order valence-corrected chi connectivity index (χ4v) is 14.3. The summed E-state index contributed by atoms with van der Waals surface area (Å²) in [6.45, 7) is 7.50. The average molecular weight is 1980 g/mol. The summed E-state index contributed by atoms with van der Waals surface area (Å²) in [6.07, 6.45) is 28.6. The summed E-state index contributed by atoms with van der Waals surface area (Å²) in [5.74, 6) is 1.58. The van der Waals surface area contributed by atoms with Gasteiger partial charge in [0, 0.05) is 142 Å². The van der Waals surface area contributed by atoms with Crippen LogP contribution >= 0.6 is 73.3 Å². The molecule has 1 saturated heterocycles. The molecule has 4 amide bonds. The van der Waals surface area contributed by atoms with Crippen molar-refractivity contribution in [1.82, 2.24) is 43.1 Å². The Morgan fingerprint density at radius 1 is 0.429 bits per heavy atom. The van der Waals surface area contributed by atoms with Gasteiger partial charge in [0.2, 0.25) is 5.91 Å². The average Bonchev–Trinajstić information content (AvgIpc) is 0.825. The lowest BCUT2D eigenvalue weighted by Crippen LogP contribution is -2.43. The number of anilines is 1. The number of nitrogens with zero attached hydrogens (tertiary/aromatic N) is 10. The van der Waals surface area contributed by atoms with Gasteiger partial charge in [-0.15, -0.1) is 0 Å². The molecule has 9 rings (SSSR count). The van der Waals surface area contributed by atoms with E-state index in [4.69, 9.17) is 162 Å². The number of ether oxygens (including phenoxy) is 4. The molecule has 0 spiro atoms. The maximum absolute atomic E-state index is 12.5. The number of carbonyl (C=O) groups is 4. The number of hydrogen-bond acceptors (Lipinski definition) is 32. The van der Waals surface area contributed by atoms with Crippen LogP contribution in [-0.2, 0) is 4.79 Å². The molecule has 7 heterocycles. The van der Waals surface area contributed by atoms with Crippen molar-refractivity contribution in [3.63, 3.8) is 0 Å². The molecule has 2 aliphatic carbocycles. The zero-order chi connectivity index (χ0) is 97.5. The van der Waals surface area contributed by atoms with E-state index in [-0.39, 0.29) is 124 Å². The van der Waals surface area contributed by atoms with Crippen LogP contribution in [0.5, 0.6) is 23.0 Å². The first-order chi connectivity index (χ1) is 64.3. The molecule has 42 heteroatoms. The van der Waals surface area contributed by atoms with Crippen molar-refractivity contribution < 1.29 is 129 Å². The van der Waals surface area contributed by atoms with E-state index in [1.807, 2.05) is 18.3 Å². The number of carbonyl (C=O) groups excluding carboxylic acids is 4. The topological polar surface area (TPSA) is 457 Å². The first-order valence-corrected chi connectivity index (χ1v) is 48.2. The van der Waals surface area contributed by atoms with E-state index in [1.54, 1.807) is 102 Å². The number of pyridine rings is 6. The maximum Gasteiger partial charge on any atom is 0.434 e. The number of likely N-dealkylation sites (N-methyl/N-ethyl adjacent to an activating group) is 1. The largest absolute Gasteiger partial charge is 0.492 e. The highest BCUT2D eigenvalue weighted by Gasteiger charge is 2.27. The van der Waals surface area contributed by atoms with Crippen LogP contribution in [0.1, 0.15) is 214 Å². The second-order valence-electron chi connectivity index (χ2n) is 31.3. The van der Waals surface area contributed by atoms with Crippen LogP contribution < -0.4 is 48.0 Å². The smallest absolute Gasteiger partial charge is 0.434 e. The Morgan fingerprint density at radius 3 is 1.55 bits per heavy atom. The predicted molar refractivity (Wildman–Crippen MR) is 516 cm³/mol. The molecule has 0 atom stereocenters. The molecule has 0 unspecified atom stereocenters. The van der Waals surface area contributed by atoms with Crippen molar-refractivity contribution in [2.24, 2.45) is 0 Å². The second-order valence-corrected chi connectivity index (χ2v) is 33.7. The highest BCUT2D eigenvalue weighted by molar-refractivity contribution is 7.72. The molecule has 133 heavy (non-hydrogen) atoms. The number of aliphatic hydroxyl groups is 12. The standard InChI is InChI=1S/C19H30N2O7S.C17H28N2O4S.C17H25NO4S.C14H22N2O3S.C13H20N2O4S.C11H17NO4S/c22-9-1-3-11-26-16-13-17(27-12-4-2-10-23)18(29)21(14-16)28-19(25)20-7-5-15(24)6-8-20;1-18(16(22)8-4-6-12-21)15-9-10-19(17(24)14-15)23-13-7-3-2-5-11-20;19-12-3-7-14(8-4-12)21-16-2-1-11-18(17(16)23)22-15-9-5-13(20)6-10-15;1-2-3-8-15(9-4-5-11-17)13(18)12-7-6-10-16(19)14(12)20;1-14(7-9-17)13(18)11-5-4-6-12(20)15(11)19-10-3-2-8-16;13-6-1-2-8-15-10-4-3-5-12(11(10)17)16-9-7-14/h13-15,22-24H,1-12H2;9-10,14,20-21H,2-8,11-13H2,1H3;1-2,11-15,19-20H,3-10H2;6-7,10,17,19H,2-5,8-9,11H2,1H3;4-6,16-17H,2-3,7-10H2,1H3;3-5,13-14H,1-2,6-9H2. The van der Waals surface area contributed by atoms with E-state index < -0.39 is 12.2 Å². The van der Waals surface area contributed by atoms with Crippen molar-refractivity contribution >= 4 is 103 Å². The normalized spacial score (nSPS) is 15.0. The van der Waals surface area contributed by atoms with Crippen molar-refractivity contribution in [3.8, 4) is 23.0 Å². The van der Waals surface area contributed by atoms with E-state index >= 15 is 0 Å². The number of amides is 4. The molecule has 3 aliphatic rings. The molecule has 6 aromatic rings. The minimum atomic E-state index is -0.559. The van der Waals surface area contributed by atoms with Gasteiger partial charge < -0.3 is 129 Å². The van der Waals surface area contributed by atoms with Crippen LogP contribution in [0.15, 0.2) is 104 Å². The molecule has 3 fully saturated rings. The van der Waals surface area contributed by atoms with Crippen LogP contribution in [0.4, 0.5) is 10.5 Å². The Hall–Kier alpha value is -8.38. The van der Waals surface area contributed by atoms with Gasteiger partial charge in [-0.05, 0) is 222 Å². The summed E-state index contributed by atoms with van der Waals surface area (Å²) in [5, 5.41) is 117. The Labute approximate surface area is 809 Å². The number of likely N-dealkylation sites (tertiary alicyclic amines) is 1. The summed E-state index contributed by atoms with van der Waals surface area (Å²) < 4.78 is 32.9. The van der Waals surface area contributed by atoms with Gasteiger partial charge in [0.1, 0.15) is 46.6 Å². The third kappa shape index (κ3) is 45.9. The summed E-state index contributed by atoms with van der Waals surface area (Å²) in [7, 11) is 3.32. The summed E-state index contributed by atoms with van der Waals surface area (Å²) in [5.41, 5.74) is 1.39. The fraction of sp³-hybridized carbons (Fsp3) is 0.626. The molecule has 0 radical (unpaired) electrons. The van der Waals surface area contributed by atoms with E-state index in [1.165, 1.54) is 36.4 Å². The molecule has 748 valence electrons. The van der Waals surface area contributed by atoms with Crippen LogP contribution in [0.3, 0.4) is 0 Å². The number of aromatic nitrogens is 6. The van der Waals surface area contributed by atoms with Gasteiger partial charge in [-0.2, -0.15) is 28.4 Å². The minimum absolute atomic E-state index is 0.000372. The van der Waals surface area contributed by atoms with Crippen molar-refractivity contribution in [2.45, 2.75) is 224 Å². The van der Waals surface area contributed by atoms with Crippen molar-refractivity contribution in [3.05, 3.63) is 143 Å². The Morgan fingerprint density at radius 2 is 0.940 bits per heavy atom. The molecule has 2 saturated carbocycles. The van der Waals surface area contributed by atoms with Crippen LogP contribution in [0, 0.1) is 27.8 Å². The monoisotopic (exact) mass is 1980 g/mol. The highest BCUT2D eigenvalue weighted by Crippen LogP contribution is 2.28. The lowest BCUT2D eigenvalue weighted by atomic mass is 9.95. The second kappa shape index (κ2) is 70.3. The third-order valence-corrected chi connectivity index (χ3v) is 22.8. The predicted octanol–water partition coefficient (Wildman–Crippen LogP) is 10.2. The lowest BCUT2D eigenvalue weighted by molar-refractivity contribution is -0.118. The quantitative estimate of drug-likeness (QED) is 0.00958. The molecule has 1 aliphatic heterocycles. The van der Waals surface area contributed by atoms with Gasteiger partial charge in [0.25, 0.3) is 11.8 Å². The fourth-order valence-electron chi connectivity index (χ4n) is 12.9. The number of hydrogen-bond donors (Lipinski definition) is 13. The van der Waals surface area contributed by atoms with Gasteiger partial charge in [-0.3, -0.25) is 14.4 Å². The van der Waals surface area contributed by atoms with Gasteiger partial charge in [-0.1, -0.05) is 99.1 Å². The molecule has 0 bridgehead atoms. The first-order valence-electron chi connectivity index (χ1n) is 45.8. The lowest BCUT2D eigenvalue weighted by Gasteiger charge is -2.28. The Balaban J connectivity index is 0.000000336. The maximum atomic E-state index is 12.5. The van der Waals surface area contributed by atoms with Crippen molar-refractivity contribution in [2.75, 3.05) is 151 Å². The van der Waals surface area contributed by atoms with Gasteiger partial charge in [0.15, 0.2) is 35.8 Å². The number of piperidine rings is 1. The van der Waals surface area contributed by atoms with E-state index in [0.717, 1.165) is 118 Å². The molecular formula is C91H142N10O26S6. The van der Waals surface area contributed by atoms with Gasteiger partial charge in [0.05, 0.1) is 69.2 Å². The van der Waals surface area contributed by atoms with E-state index in [9.17, 15) is 39.7 Å². The molecule has 0 aromatic carbocycles.